The highest BCUT2D eigenvalue weighted by molar-refractivity contribution is 5.96. The Labute approximate surface area is 167 Å². The van der Waals surface area contributed by atoms with Crippen molar-refractivity contribution in [3.8, 4) is 5.75 Å². The van der Waals surface area contributed by atoms with Crippen molar-refractivity contribution < 1.29 is 22.7 Å². The summed E-state index contributed by atoms with van der Waals surface area (Å²) < 4.78 is 40.9. The van der Waals surface area contributed by atoms with Gasteiger partial charge in [-0.15, -0.1) is 13.2 Å². The van der Waals surface area contributed by atoms with Crippen LogP contribution in [0, 0.1) is 6.92 Å². The number of alkyl halides is 3. The molecule has 0 saturated heterocycles. The number of Topliss-reactive ketones (excluding diaryl/α,β-unsaturated/α-hetero) is 1. The van der Waals surface area contributed by atoms with Gasteiger partial charge in [-0.25, -0.2) is 0 Å². The van der Waals surface area contributed by atoms with Crippen molar-refractivity contribution in [2.24, 2.45) is 0 Å². The van der Waals surface area contributed by atoms with Crippen molar-refractivity contribution in [3.63, 3.8) is 0 Å². The van der Waals surface area contributed by atoms with Crippen molar-refractivity contribution in [2.45, 2.75) is 25.7 Å². The molecule has 3 rings (SSSR count). The first kappa shape index (κ1) is 20.5. The molecule has 0 aliphatic rings. The Bertz CT molecular complexity index is 937. The molecule has 3 aromatic carbocycles. The second-order valence-electron chi connectivity index (χ2n) is 6.67. The Balaban J connectivity index is 1.77. The number of hydrogen-bond donors (Lipinski definition) is 1. The van der Waals surface area contributed by atoms with Crippen LogP contribution in [0.3, 0.4) is 0 Å². The number of ether oxygens (including phenoxy) is 1. The smallest absolute Gasteiger partial charge is 0.406 e. The molecule has 0 bridgehead atoms. The van der Waals surface area contributed by atoms with E-state index >= 15 is 0 Å². The molecule has 6 heteroatoms. The molecule has 1 N–H and O–H groups in total. The molecule has 0 unspecified atom stereocenters. The molecular weight excluding hydrogens is 379 g/mol. The van der Waals surface area contributed by atoms with E-state index in [0.29, 0.717) is 11.3 Å². The molecule has 0 fully saturated rings. The van der Waals surface area contributed by atoms with Crippen LogP contribution in [-0.4, -0.2) is 12.1 Å². The van der Waals surface area contributed by atoms with Crippen LogP contribution in [0.25, 0.3) is 0 Å². The fourth-order valence-corrected chi connectivity index (χ4v) is 2.93. The molecule has 0 aromatic heterocycles. The van der Waals surface area contributed by atoms with Crippen LogP contribution in [0.5, 0.6) is 5.75 Å². The van der Waals surface area contributed by atoms with Gasteiger partial charge < -0.3 is 10.1 Å². The monoisotopic (exact) mass is 399 g/mol. The van der Waals surface area contributed by atoms with Crippen LogP contribution in [0.15, 0.2) is 78.9 Å². The summed E-state index contributed by atoms with van der Waals surface area (Å²) in [6.45, 7) is 1.95. The number of carbonyl (C=O) groups is 1. The Morgan fingerprint density at radius 2 is 1.55 bits per heavy atom. The number of carbonyl (C=O) groups excluding carboxylic acids is 1. The fraction of sp³-hybridized carbons (Fsp3) is 0.174. The summed E-state index contributed by atoms with van der Waals surface area (Å²) in [7, 11) is 0. The maximum Gasteiger partial charge on any atom is 0.573 e. The molecular formula is C23H20F3NO2. The molecule has 0 aliphatic carbocycles. The number of ketones is 1. The molecule has 1 atom stereocenters. The lowest BCUT2D eigenvalue weighted by Crippen LogP contribution is -2.17. The normalized spacial score (nSPS) is 12.3. The van der Waals surface area contributed by atoms with E-state index in [1.54, 1.807) is 12.1 Å². The third-order valence-corrected chi connectivity index (χ3v) is 4.39. The number of nitrogens with one attached hydrogen (secondary N) is 1. The first-order valence-corrected chi connectivity index (χ1v) is 9.07. The number of rotatable bonds is 7. The zero-order chi connectivity index (χ0) is 20.9. The van der Waals surface area contributed by atoms with Crippen LogP contribution < -0.4 is 10.1 Å². The Morgan fingerprint density at radius 1 is 0.931 bits per heavy atom. The number of benzene rings is 3. The molecule has 29 heavy (non-hydrogen) atoms. The highest BCUT2D eigenvalue weighted by Crippen LogP contribution is 2.28. The highest BCUT2D eigenvalue weighted by atomic mass is 19.4. The molecule has 0 radical (unpaired) electrons. The zero-order valence-electron chi connectivity index (χ0n) is 15.7. The number of hydrogen-bond acceptors (Lipinski definition) is 3. The number of anilines is 1. The second kappa shape index (κ2) is 8.82. The lowest BCUT2D eigenvalue weighted by atomic mass is 9.97. The molecule has 0 saturated carbocycles. The van der Waals surface area contributed by atoms with E-state index in [9.17, 15) is 18.0 Å². The van der Waals surface area contributed by atoms with Gasteiger partial charge in [-0.1, -0.05) is 60.2 Å². The minimum atomic E-state index is -4.73. The van der Waals surface area contributed by atoms with E-state index < -0.39 is 6.36 Å². The molecule has 0 amide bonds. The molecule has 0 aliphatic heterocycles. The van der Waals surface area contributed by atoms with Crippen molar-refractivity contribution in [2.75, 3.05) is 5.32 Å². The average molecular weight is 399 g/mol. The van der Waals surface area contributed by atoms with Crippen LogP contribution in [0.1, 0.15) is 33.9 Å². The molecule has 3 aromatic rings. The van der Waals surface area contributed by atoms with Crippen LogP contribution in [0.4, 0.5) is 18.9 Å². The van der Waals surface area contributed by atoms with Crippen molar-refractivity contribution in [1.82, 2.24) is 0 Å². The fourth-order valence-electron chi connectivity index (χ4n) is 2.93. The Kier molecular flexibility index (Phi) is 6.22. The topological polar surface area (TPSA) is 38.3 Å². The number of halogens is 3. The van der Waals surface area contributed by atoms with Gasteiger partial charge in [0.2, 0.25) is 0 Å². The predicted octanol–water partition coefficient (Wildman–Crippen LogP) is 6.32. The summed E-state index contributed by atoms with van der Waals surface area (Å²) in [5, 5.41) is 3.24. The lowest BCUT2D eigenvalue weighted by molar-refractivity contribution is -0.274. The van der Waals surface area contributed by atoms with Gasteiger partial charge >= 0.3 is 6.36 Å². The summed E-state index contributed by atoms with van der Waals surface area (Å²) in [5.74, 6) is -0.321. The maximum atomic E-state index is 12.8. The highest BCUT2D eigenvalue weighted by Gasteiger charge is 2.31. The molecule has 0 heterocycles. The standard InChI is InChI=1S/C23H20F3NO2/c1-16-7-9-18(10-8-16)22(28)15-21(17-5-3-2-4-6-17)27-19-11-13-20(14-12-19)29-23(24,25)26/h2-14,21,27H,15H2,1H3/t21-/m1/s1. The summed E-state index contributed by atoms with van der Waals surface area (Å²) in [4.78, 5) is 12.8. The van der Waals surface area contributed by atoms with E-state index in [0.717, 1.165) is 11.1 Å². The predicted molar refractivity (Wildman–Crippen MR) is 106 cm³/mol. The third kappa shape index (κ3) is 6.10. The largest absolute Gasteiger partial charge is 0.573 e. The van der Waals surface area contributed by atoms with E-state index in [4.69, 9.17) is 0 Å². The average Bonchev–Trinajstić information content (AvgIpc) is 2.69. The quantitative estimate of drug-likeness (QED) is 0.473. The van der Waals surface area contributed by atoms with Crippen LogP contribution in [0.2, 0.25) is 0 Å². The SMILES string of the molecule is Cc1ccc(C(=O)C[C@@H](Nc2ccc(OC(F)(F)F)cc2)c2ccccc2)cc1. The van der Waals surface area contributed by atoms with Gasteiger partial charge in [0.15, 0.2) is 5.78 Å². The first-order chi connectivity index (χ1) is 13.8. The molecule has 0 spiro atoms. The van der Waals surface area contributed by atoms with E-state index in [1.807, 2.05) is 49.4 Å². The van der Waals surface area contributed by atoms with Gasteiger partial charge in [0.05, 0.1) is 6.04 Å². The van der Waals surface area contributed by atoms with Gasteiger partial charge in [-0.3, -0.25) is 4.79 Å². The van der Waals surface area contributed by atoms with Crippen LogP contribution in [-0.2, 0) is 0 Å². The van der Waals surface area contributed by atoms with E-state index in [-0.39, 0.29) is 24.0 Å². The summed E-state index contributed by atoms with van der Waals surface area (Å²) in [6.07, 6.45) is -4.53. The third-order valence-electron chi connectivity index (χ3n) is 4.39. The molecule has 150 valence electrons. The first-order valence-electron chi connectivity index (χ1n) is 9.07. The maximum absolute atomic E-state index is 12.8. The Morgan fingerprint density at radius 3 is 2.14 bits per heavy atom. The van der Waals surface area contributed by atoms with Crippen molar-refractivity contribution >= 4 is 11.5 Å². The van der Waals surface area contributed by atoms with Gasteiger partial charge in [-0.2, -0.15) is 0 Å². The van der Waals surface area contributed by atoms with Gasteiger partial charge in [-0.05, 0) is 36.8 Å². The number of aryl methyl sites for hydroxylation is 1. The summed E-state index contributed by atoms with van der Waals surface area (Å²) in [5.41, 5.74) is 3.18. The minimum absolute atomic E-state index is 0.0247. The van der Waals surface area contributed by atoms with E-state index in [1.165, 1.54) is 24.3 Å². The lowest BCUT2D eigenvalue weighted by Gasteiger charge is -2.20. The zero-order valence-corrected chi connectivity index (χ0v) is 15.7. The van der Waals surface area contributed by atoms with Gasteiger partial charge in [0, 0.05) is 17.7 Å². The minimum Gasteiger partial charge on any atom is -0.406 e. The van der Waals surface area contributed by atoms with Crippen molar-refractivity contribution in [1.29, 1.82) is 0 Å². The van der Waals surface area contributed by atoms with Gasteiger partial charge in [0.25, 0.3) is 0 Å². The second-order valence-corrected chi connectivity index (χ2v) is 6.67. The van der Waals surface area contributed by atoms with E-state index in [2.05, 4.69) is 10.1 Å². The van der Waals surface area contributed by atoms with Gasteiger partial charge in [0.1, 0.15) is 5.75 Å². The van der Waals surface area contributed by atoms with Crippen molar-refractivity contribution in [3.05, 3.63) is 95.6 Å². The van der Waals surface area contributed by atoms with Crippen LogP contribution >= 0.6 is 0 Å². The Hall–Kier alpha value is -3.28. The summed E-state index contributed by atoms with van der Waals surface area (Å²) in [6, 6.07) is 21.9. The molecule has 3 nitrogen and oxygen atoms in total. The summed E-state index contributed by atoms with van der Waals surface area (Å²) >= 11 is 0.